The van der Waals surface area contributed by atoms with E-state index < -0.39 is 0 Å². The largest absolute Gasteiger partial charge is 0.496 e. The molecule has 0 fully saturated rings. The molecule has 1 aromatic carbocycles. The highest BCUT2D eigenvalue weighted by Crippen LogP contribution is 2.29. The molecule has 1 atom stereocenters. The molecule has 0 saturated carbocycles. The summed E-state index contributed by atoms with van der Waals surface area (Å²) in [4.78, 5) is 4.42. The standard InChI is InChI=1S/C15H20N2O2/c1-11(8-10-18-2)17-15-13-5-4-6-14(19-3)12(13)7-9-16-15/h4-7,9,11H,8,10H2,1-3H3,(H,16,17). The van der Waals surface area contributed by atoms with Crippen LogP contribution < -0.4 is 10.1 Å². The van der Waals surface area contributed by atoms with Gasteiger partial charge >= 0.3 is 0 Å². The van der Waals surface area contributed by atoms with Gasteiger partial charge in [0.15, 0.2) is 0 Å². The van der Waals surface area contributed by atoms with Gasteiger partial charge in [0.1, 0.15) is 11.6 Å². The first-order valence-electron chi connectivity index (χ1n) is 6.43. The maximum Gasteiger partial charge on any atom is 0.134 e. The van der Waals surface area contributed by atoms with Crippen molar-refractivity contribution in [2.75, 3.05) is 26.1 Å². The molecule has 19 heavy (non-hydrogen) atoms. The normalized spacial score (nSPS) is 12.4. The van der Waals surface area contributed by atoms with Gasteiger partial charge in [-0.15, -0.1) is 0 Å². The van der Waals surface area contributed by atoms with Gasteiger partial charge < -0.3 is 14.8 Å². The summed E-state index contributed by atoms with van der Waals surface area (Å²) in [5, 5.41) is 5.57. The van der Waals surface area contributed by atoms with Crippen molar-refractivity contribution in [2.45, 2.75) is 19.4 Å². The summed E-state index contributed by atoms with van der Waals surface area (Å²) >= 11 is 0. The second kappa shape index (κ2) is 6.38. The van der Waals surface area contributed by atoms with Crippen LogP contribution >= 0.6 is 0 Å². The van der Waals surface area contributed by atoms with Crippen LogP contribution in [0, 0.1) is 0 Å². The molecule has 0 saturated heterocycles. The molecule has 2 rings (SSSR count). The second-order valence-corrected chi connectivity index (χ2v) is 4.54. The molecule has 1 aromatic heterocycles. The van der Waals surface area contributed by atoms with Crippen LogP contribution in [-0.4, -0.2) is 31.9 Å². The first kappa shape index (κ1) is 13.6. The van der Waals surface area contributed by atoms with Gasteiger partial charge in [0, 0.05) is 36.7 Å². The Balaban J connectivity index is 2.28. The number of nitrogens with one attached hydrogen (secondary N) is 1. The van der Waals surface area contributed by atoms with E-state index in [9.17, 15) is 0 Å². The molecule has 0 spiro atoms. The van der Waals surface area contributed by atoms with Crippen LogP contribution in [-0.2, 0) is 4.74 Å². The predicted octanol–water partition coefficient (Wildman–Crippen LogP) is 3.08. The molecule has 0 aliphatic rings. The van der Waals surface area contributed by atoms with Crippen molar-refractivity contribution in [3.05, 3.63) is 30.5 Å². The molecule has 102 valence electrons. The van der Waals surface area contributed by atoms with Crippen LogP contribution in [0.2, 0.25) is 0 Å². The van der Waals surface area contributed by atoms with Crippen molar-refractivity contribution in [3.8, 4) is 5.75 Å². The minimum Gasteiger partial charge on any atom is -0.496 e. The van der Waals surface area contributed by atoms with Crippen molar-refractivity contribution >= 4 is 16.6 Å². The highest BCUT2D eigenvalue weighted by Gasteiger charge is 2.08. The highest BCUT2D eigenvalue weighted by molar-refractivity contribution is 5.95. The average molecular weight is 260 g/mol. The summed E-state index contributed by atoms with van der Waals surface area (Å²) < 4.78 is 10.5. The maximum atomic E-state index is 5.38. The first-order valence-corrected chi connectivity index (χ1v) is 6.43. The molecule has 1 N–H and O–H groups in total. The molecule has 0 radical (unpaired) electrons. The van der Waals surface area contributed by atoms with Crippen molar-refractivity contribution in [2.24, 2.45) is 0 Å². The Kier molecular flexibility index (Phi) is 4.58. The average Bonchev–Trinajstić information content (AvgIpc) is 2.45. The monoisotopic (exact) mass is 260 g/mol. The summed E-state index contributed by atoms with van der Waals surface area (Å²) in [6, 6.07) is 8.27. The maximum absolute atomic E-state index is 5.38. The lowest BCUT2D eigenvalue weighted by Gasteiger charge is -2.16. The van der Waals surface area contributed by atoms with Gasteiger partial charge in [0.05, 0.1) is 7.11 Å². The smallest absolute Gasteiger partial charge is 0.134 e. The fourth-order valence-corrected chi connectivity index (χ4v) is 2.07. The van der Waals surface area contributed by atoms with E-state index in [1.54, 1.807) is 20.4 Å². The van der Waals surface area contributed by atoms with Gasteiger partial charge in [0.2, 0.25) is 0 Å². The highest BCUT2D eigenvalue weighted by atomic mass is 16.5. The Morgan fingerprint density at radius 1 is 1.21 bits per heavy atom. The van der Waals surface area contributed by atoms with Crippen LogP contribution in [0.1, 0.15) is 13.3 Å². The quantitative estimate of drug-likeness (QED) is 0.866. The van der Waals surface area contributed by atoms with Gasteiger partial charge in [-0.25, -0.2) is 4.98 Å². The van der Waals surface area contributed by atoms with Gasteiger partial charge in [0.25, 0.3) is 0 Å². The molecule has 0 bridgehead atoms. The van der Waals surface area contributed by atoms with Crippen LogP contribution in [0.25, 0.3) is 10.8 Å². The van der Waals surface area contributed by atoms with E-state index in [1.165, 1.54) is 0 Å². The Bertz CT molecular complexity index is 543. The fraction of sp³-hybridized carbons (Fsp3) is 0.400. The SMILES string of the molecule is COCCC(C)Nc1nccc2c(OC)cccc12. The third kappa shape index (κ3) is 3.15. The van der Waals surface area contributed by atoms with Gasteiger partial charge in [-0.3, -0.25) is 0 Å². The van der Waals surface area contributed by atoms with E-state index in [4.69, 9.17) is 9.47 Å². The lowest BCUT2D eigenvalue weighted by Crippen LogP contribution is -2.18. The number of benzene rings is 1. The van der Waals surface area contributed by atoms with E-state index in [0.717, 1.165) is 35.4 Å². The number of pyridine rings is 1. The van der Waals surface area contributed by atoms with E-state index in [-0.39, 0.29) is 0 Å². The van der Waals surface area contributed by atoms with E-state index in [2.05, 4.69) is 23.3 Å². The zero-order valence-corrected chi connectivity index (χ0v) is 11.6. The Hall–Kier alpha value is -1.81. The minimum atomic E-state index is 0.309. The first-order chi connectivity index (χ1) is 9.26. The van der Waals surface area contributed by atoms with Crippen molar-refractivity contribution in [3.63, 3.8) is 0 Å². The summed E-state index contributed by atoms with van der Waals surface area (Å²) in [6.07, 6.45) is 2.74. The number of aromatic nitrogens is 1. The molecule has 0 aliphatic carbocycles. The number of anilines is 1. The second-order valence-electron chi connectivity index (χ2n) is 4.54. The Morgan fingerprint density at radius 2 is 2.05 bits per heavy atom. The van der Waals surface area contributed by atoms with Crippen LogP contribution in [0.4, 0.5) is 5.82 Å². The third-order valence-electron chi connectivity index (χ3n) is 3.12. The summed E-state index contributed by atoms with van der Waals surface area (Å²) in [5.41, 5.74) is 0. The number of fused-ring (bicyclic) bond motifs is 1. The molecular formula is C15H20N2O2. The topological polar surface area (TPSA) is 43.4 Å². The summed E-state index contributed by atoms with van der Waals surface area (Å²) in [7, 11) is 3.40. The van der Waals surface area contributed by atoms with Gasteiger partial charge in [-0.2, -0.15) is 0 Å². The number of ether oxygens (including phenoxy) is 2. The van der Waals surface area contributed by atoms with Crippen molar-refractivity contribution in [1.29, 1.82) is 0 Å². The molecule has 0 amide bonds. The molecule has 2 aromatic rings. The summed E-state index contributed by atoms with van der Waals surface area (Å²) in [5.74, 6) is 1.76. The number of methoxy groups -OCH3 is 2. The molecule has 1 heterocycles. The van der Waals surface area contributed by atoms with Crippen molar-refractivity contribution in [1.82, 2.24) is 4.98 Å². The number of hydrogen-bond acceptors (Lipinski definition) is 4. The van der Waals surface area contributed by atoms with Crippen LogP contribution in [0.3, 0.4) is 0 Å². The fourth-order valence-electron chi connectivity index (χ4n) is 2.07. The molecule has 4 heteroatoms. The van der Waals surface area contributed by atoms with Crippen LogP contribution in [0.5, 0.6) is 5.75 Å². The summed E-state index contributed by atoms with van der Waals surface area (Å²) in [6.45, 7) is 2.86. The molecular weight excluding hydrogens is 240 g/mol. The third-order valence-corrected chi connectivity index (χ3v) is 3.12. The van der Waals surface area contributed by atoms with Gasteiger partial charge in [-0.05, 0) is 25.5 Å². The lowest BCUT2D eigenvalue weighted by molar-refractivity contribution is 0.191. The lowest BCUT2D eigenvalue weighted by atomic mass is 10.1. The number of rotatable bonds is 6. The minimum absolute atomic E-state index is 0.309. The van der Waals surface area contributed by atoms with E-state index in [0.29, 0.717) is 6.04 Å². The zero-order valence-electron chi connectivity index (χ0n) is 11.6. The molecule has 1 unspecified atom stereocenters. The number of hydrogen-bond donors (Lipinski definition) is 1. The Labute approximate surface area is 113 Å². The number of nitrogens with zero attached hydrogens (tertiary/aromatic N) is 1. The Morgan fingerprint density at radius 3 is 2.79 bits per heavy atom. The predicted molar refractivity (Wildman–Crippen MR) is 77.9 cm³/mol. The van der Waals surface area contributed by atoms with Crippen molar-refractivity contribution < 1.29 is 9.47 Å². The van der Waals surface area contributed by atoms with E-state index >= 15 is 0 Å². The van der Waals surface area contributed by atoms with Crippen LogP contribution in [0.15, 0.2) is 30.5 Å². The molecule has 4 nitrogen and oxygen atoms in total. The van der Waals surface area contributed by atoms with E-state index in [1.807, 2.05) is 18.2 Å². The molecule has 0 aliphatic heterocycles. The van der Waals surface area contributed by atoms with Gasteiger partial charge in [-0.1, -0.05) is 12.1 Å². The zero-order chi connectivity index (χ0) is 13.7.